The number of carboxylic acid groups (broad SMARTS) is 1. The molecule has 7 nitrogen and oxygen atoms in total. The second-order valence-electron chi connectivity index (χ2n) is 7.90. The summed E-state index contributed by atoms with van der Waals surface area (Å²) < 4.78 is 5.37. The van der Waals surface area contributed by atoms with Crippen LogP contribution in [0.3, 0.4) is 0 Å². The van der Waals surface area contributed by atoms with E-state index in [9.17, 15) is 19.5 Å². The number of hydrogen-bond acceptors (Lipinski definition) is 5. The highest BCUT2D eigenvalue weighted by atomic mass is 35.5. The average molecular weight is 410 g/mol. The van der Waals surface area contributed by atoms with Crippen LogP contribution in [0, 0.1) is 0 Å². The number of likely N-dealkylation sites (tertiary alicyclic amines) is 1. The summed E-state index contributed by atoms with van der Waals surface area (Å²) in [5, 5.41) is 14.4. The molecule has 1 aliphatic rings. The number of hydrogen-bond donors (Lipinski definition) is 1. The van der Waals surface area contributed by atoms with E-state index < -0.39 is 29.6 Å². The van der Waals surface area contributed by atoms with Gasteiger partial charge in [-0.2, -0.15) is 0 Å². The highest BCUT2D eigenvalue weighted by molar-refractivity contribution is 6.30. The number of benzene rings is 1. The molecule has 1 fully saturated rings. The minimum atomic E-state index is -1.20. The predicted molar refractivity (Wildman–Crippen MR) is 103 cm³/mol. The summed E-state index contributed by atoms with van der Waals surface area (Å²) >= 11 is 5.88. The SMILES string of the molecule is CC(C)(C)OC(=O)N1CCC[C@H]1C(=O)NC[C@H](CC(=O)[O-])c1ccc(Cl)cc1. The maximum Gasteiger partial charge on any atom is 0.410 e. The third kappa shape index (κ3) is 6.41. The lowest BCUT2D eigenvalue weighted by molar-refractivity contribution is -0.306. The molecule has 0 spiro atoms. The minimum absolute atomic E-state index is 0.118. The molecule has 0 saturated carbocycles. The van der Waals surface area contributed by atoms with E-state index in [-0.39, 0.29) is 18.9 Å². The van der Waals surface area contributed by atoms with E-state index in [0.717, 1.165) is 5.56 Å². The average Bonchev–Trinajstić information content (AvgIpc) is 3.07. The number of nitrogens with one attached hydrogen (secondary N) is 1. The number of amides is 2. The molecule has 0 aliphatic carbocycles. The standard InChI is InChI=1S/C20H27ClN2O5/c1-20(2,3)28-19(27)23-10-4-5-16(23)18(26)22-12-14(11-17(24)25)13-6-8-15(21)9-7-13/h6-9,14,16H,4-5,10-12H2,1-3H3,(H,22,26)(H,24,25)/p-1/t14-,16-/m0/s1. The number of nitrogens with zero attached hydrogens (tertiary/aromatic N) is 1. The molecule has 1 heterocycles. The number of carboxylic acids is 1. The molecule has 0 radical (unpaired) electrons. The summed E-state index contributed by atoms with van der Waals surface area (Å²) in [5.74, 6) is -1.98. The van der Waals surface area contributed by atoms with Crippen molar-refractivity contribution in [2.75, 3.05) is 13.1 Å². The first-order valence-electron chi connectivity index (χ1n) is 9.29. The van der Waals surface area contributed by atoms with E-state index >= 15 is 0 Å². The third-order valence-electron chi connectivity index (χ3n) is 4.46. The molecular weight excluding hydrogens is 384 g/mol. The van der Waals surface area contributed by atoms with Crippen molar-refractivity contribution in [1.82, 2.24) is 10.2 Å². The summed E-state index contributed by atoms with van der Waals surface area (Å²) in [7, 11) is 0. The molecule has 0 bridgehead atoms. The first-order valence-corrected chi connectivity index (χ1v) is 9.67. The molecule has 2 rings (SSSR count). The van der Waals surface area contributed by atoms with Crippen LogP contribution in [0.5, 0.6) is 0 Å². The smallest absolute Gasteiger partial charge is 0.410 e. The van der Waals surface area contributed by atoms with E-state index in [2.05, 4.69) is 5.32 Å². The molecule has 1 saturated heterocycles. The molecule has 2 atom stereocenters. The maximum atomic E-state index is 12.7. The number of halogens is 1. The Morgan fingerprint density at radius 1 is 1.29 bits per heavy atom. The van der Waals surface area contributed by atoms with Gasteiger partial charge in [-0.1, -0.05) is 23.7 Å². The zero-order valence-electron chi connectivity index (χ0n) is 16.4. The van der Waals surface area contributed by atoms with Crippen molar-refractivity contribution < 1.29 is 24.2 Å². The fourth-order valence-corrected chi connectivity index (χ4v) is 3.29. The fourth-order valence-electron chi connectivity index (χ4n) is 3.16. The van der Waals surface area contributed by atoms with Gasteiger partial charge in [0.05, 0.1) is 0 Å². The van der Waals surface area contributed by atoms with Gasteiger partial charge in [0.15, 0.2) is 0 Å². The monoisotopic (exact) mass is 409 g/mol. The van der Waals surface area contributed by atoms with Crippen molar-refractivity contribution in [3.8, 4) is 0 Å². The van der Waals surface area contributed by atoms with Crippen LogP contribution in [0.1, 0.15) is 51.5 Å². The van der Waals surface area contributed by atoms with Crippen LogP contribution in [-0.2, 0) is 14.3 Å². The summed E-state index contributed by atoms with van der Waals surface area (Å²) in [6, 6.07) is 6.17. The van der Waals surface area contributed by atoms with E-state index in [1.165, 1.54) is 4.90 Å². The number of ether oxygens (including phenoxy) is 1. The van der Waals surface area contributed by atoms with E-state index in [1.807, 2.05) is 0 Å². The second-order valence-corrected chi connectivity index (χ2v) is 8.34. The normalized spacial score (nSPS) is 17.9. The van der Waals surface area contributed by atoms with Crippen LogP contribution < -0.4 is 10.4 Å². The van der Waals surface area contributed by atoms with Crippen LogP contribution in [0.4, 0.5) is 4.79 Å². The molecule has 1 aromatic carbocycles. The zero-order valence-corrected chi connectivity index (χ0v) is 17.1. The van der Waals surface area contributed by atoms with Crippen molar-refractivity contribution >= 4 is 29.6 Å². The Morgan fingerprint density at radius 2 is 1.93 bits per heavy atom. The highest BCUT2D eigenvalue weighted by Crippen LogP contribution is 2.23. The molecule has 8 heteroatoms. The summed E-state index contributed by atoms with van der Waals surface area (Å²) in [4.78, 5) is 37.5. The van der Waals surface area contributed by atoms with Crippen LogP contribution >= 0.6 is 11.6 Å². The van der Waals surface area contributed by atoms with Crippen LogP contribution in [0.2, 0.25) is 5.02 Å². The fraction of sp³-hybridized carbons (Fsp3) is 0.550. The number of carbonyl (C=O) groups excluding carboxylic acids is 3. The Kier molecular flexibility index (Phi) is 7.29. The predicted octanol–water partition coefficient (Wildman–Crippen LogP) is 2.08. The Hall–Kier alpha value is -2.28. The number of carbonyl (C=O) groups is 3. The largest absolute Gasteiger partial charge is 0.550 e. The van der Waals surface area contributed by atoms with Crippen LogP contribution in [-0.4, -0.2) is 47.6 Å². The lowest BCUT2D eigenvalue weighted by Crippen LogP contribution is -2.48. The molecule has 2 amide bonds. The first-order chi connectivity index (χ1) is 13.1. The van der Waals surface area contributed by atoms with E-state index in [4.69, 9.17) is 16.3 Å². The van der Waals surface area contributed by atoms with Gasteiger partial charge < -0.3 is 20.0 Å². The van der Waals surface area contributed by atoms with Crippen molar-refractivity contribution in [3.63, 3.8) is 0 Å². The van der Waals surface area contributed by atoms with Gasteiger partial charge in [0, 0.05) is 30.0 Å². The summed E-state index contributed by atoms with van der Waals surface area (Å²) in [5.41, 5.74) is 0.0961. The molecule has 0 unspecified atom stereocenters. The Morgan fingerprint density at radius 3 is 2.50 bits per heavy atom. The van der Waals surface area contributed by atoms with Crippen molar-refractivity contribution in [1.29, 1.82) is 0 Å². The van der Waals surface area contributed by atoms with Gasteiger partial charge in [0.2, 0.25) is 5.91 Å². The zero-order chi connectivity index (χ0) is 20.9. The van der Waals surface area contributed by atoms with Gasteiger partial charge in [0.25, 0.3) is 0 Å². The van der Waals surface area contributed by atoms with Crippen molar-refractivity contribution in [2.45, 2.75) is 57.6 Å². The molecule has 1 aliphatic heterocycles. The molecule has 1 N–H and O–H groups in total. The summed E-state index contributed by atoms with van der Waals surface area (Å²) in [6.07, 6.45) is 0.491. The first kappa shape index (κ1) is 22.0. The van der Waals surface area contributed by atoms with Crippen LogP contribution in [0.15, 0.2) is 24.3 Å². The van der Waals surface area contributed by atoms with Gasteiger partial charge in [-0.25, -0.2) is 4.79 Å². The highest BCUT2D eigenvalue weighted by Gasteiger charge is 2.36. The Balaban J connectivity index is 2.01. The molecular formula is C20H26ClN2O5-. The third-order valence-corrected chi connectivity index (χ3v) is 4.71. The van der Waals surface area contributed by atoms with Crippen molar-refractivity contribution in [2.24, 2.45) is 0 Å². The molecule has 154 valence electrons. The quantitative estimate of drug-likeness (QED) is 0.775. The number of aliphatic carboxylic acids is 1. The number of rotatable bonds is 6. The lowest BCUT2D eigenvalue weighted by atomic mass is 9.95. The molecule has 28 heavy (non-hydrogen) atoms. The molecule has 0 aromatic heterocycles. The Bertz CT molecular complexity index is 714. The second kappa shape index (κ2) is 9.28. The van der Waals surface area contributed by atoms with E-state index in [0.29, 0.717) is 24.4 Å². The minimum Gasteiger partial charge on any atom is -0.550 e. The van der Waals surface area contributed by atoms with E-state index in [1.54, 1.807) is 45.0 Å². The van der Waals surface area contributed by atoms with Crippen LogP contribution in [0.25, 0.3) is 0 Å². The van der Waals surface area contributed by atoms with Gasteiger partial charge in [0.1, 0.15) is 11.6 Å². The summed E-state index contributed by atoms with van der Waals surface area (Å²) in [6.45, 7) is 5.88. The van der Waals surface area contributed by atoms with Gasteiger partial charge in [-0.3, -0.25) is 9.69 Å². The maximum absolute atomic E-state index is 12.7. The van der Waals surface area contributed by atoms with Gasteiger partial charge >= 0.3 is 6.09 Å². The Labute approximate surface area is 170 Å². The lowest BCUT2D eigenvalue weighted by Gasteiger charge is -2.28. The topological polar surface area (TPSA) is 98.8 Å². The molecule has 1 aromatic rings. The van der Waals surface area contributed by atoms with Gasteiger partial charge in [-0.15, -0.1) is 0 Å². The van der Waals surface area contributed by atoms with Gasteiger partial charge in [-0.05, 0) is 57.7 Å². The van der Waals surface area contributed by atoms with Crippen molar-refractivity contribution in [3.05, 3.63) is 34.9 Å².